The molecule has 1 aromatic carbocycles. The molecular weight excluding hydrogens is 367 g/mol. The summed E-state index contributed by atoms with van der Waals surface area (Å²) in [6, 6.07) is 4.48. The van der Waals surface area contributed by atoms with Crippen LogP contribution in [0.15, 0.2) is 33.4 Å². The van der Waals surface area contributed by atoms with Crippen LogP contribution in [0.5, 0.6) is 0 Å². The van der Waals surface area contributed by atoms with Gasteiger partial charge in [-0.25, -0.2) is 12.8 Å². The highest BCUT2D eigenvalue weighted by atomic mass is 32.2. The van der Waals surface area contributed by atoms with Crippen molar-refractivity contribution in [1.29, 1.82) is 0 Å². The molecule has 3 N–H and O–H groups in total. The van der Waals surface area contributed by atoms with Crippen molar-refractivity contribution < 1.29 is 22.4 Å². The fourth-order valence-electron chi connectivity index (χ4n) is 2.07. The molecule has 25 heavy (non-hydrogen) atoms. The lowest BCUT2D eigenvalue weighted by atomic mass is 9.89. The van der Waals surface area contributed by atoms with Crippen molar-refractivity contribution in [3.63, 3.8) is 0 Å². The fraction of sp³-hybridized carbons (Fsp3) is 0.250. The van der Waals surface area contributed by atoms with Gasteiger partial charge in [0.2, 0.25) is 16.2 Å². The Morgan fingerprint density at radius 2 is 1.96 bits per heavy atom. The van der Waals surface area contributed by atoms with Gasteiger partial charge in [0.1, 0.15) is 10.0 Å². The summed E-state index contributed by atoms with van der Waals surface area (Å²) in [5.41, 5.74) is 4.80. The highest BCUT2D eigenvalue weighted by Crippen LogP contribution is 2.43. The lowest BCUT2D eigenvalue weighted by Gasteiger charge is -2.16. The van der Waals surface area contributed by atoms with E-state index in [2.05, 4.69) is 5.32 Å². The van der Waals surface area contributed by atoms with Crippen molar-refractivity contribution in [3.8, 4) is 0 Å². The number of hydrogen-bond acceptors (Lipinski definition) is 6. The number of hydrogen-bond donors (Lipinski definition) is 2. The summed E-state index contributed by atoms with van der Waals surface area (Å²) in [5, 5.41) is 2.30. The topological polar surface area (TPSA) is 106 Å². The predicted octanol–water partition coefficient (Wildman–Crippen LogP) is 3.10. The molecule has 0 saturated heterocycles. The Kier molecular flexibility index (Phi) is 5.01. The number of nitrogens with one attached hydrogen (secondary N) is 1. The van der Waals surface area contributed by atoms with Crippen molar-refractivity contribution in [2.75, 3.05) is 11.1 Å². The average molecular weight is 384 g/mol. The number of rotatable bonds is 5. The van der Waals surface area contributed by atoms with Gasteiger partial charge in [-0.2, -0.15) is 0 Å². The third kappa shape index (κ3) is 3.57. The van der Waals surface area contributed by atoms with Gasteiger partial charge in [0, 0.05) is 5.41 Å². The van der Waals surface area contributed by atoms with Crippen LogP contribution in [0.2, 0.25) is 0 Å². The zero-order valence-electron chi connectivity index (χ0n) is 13.8. The van der Waals surface area contributed by atoms with Crippen molar-refractivity contribution >= 4 is 44.7 Å². The zero-order chi connectivity index (χ0) is 19.0. The summed E-state index contributed by atoms with van der Waals surface area (Å²) < 4.78 is 38.7. The molecule has 6 nitrogen and oxygen atoms in total. The number of thiophene rings is 1. The lowest BCUT2D eigenvalue weighted by molar-refractivity contribution is -0.105. The summed E-state index contributed by atoms with van der Waals surface area (Å²) >= 11 is 0.662. The van der Waals surface area contributed by atoms with Crippen LogP contribution in [-0.4, -0.2) is 20.6 Å². The minimum Gasteiger partial charge on any atom is -0.395 e. The quantitative estimate of drug-likeness (QED) is 0.608. The van der Waals surface area contributed by atoms with Gasteiger partial charge in [0.25, 0.3) is 0 Å². The van der Waals surface area contributed by atoms with E-state index in [1.165, 1.54) is 12.1 Å². The van der Waals surface area contributed by atoms with Crippen LogP contribution in [0, 0.1) is 11.2 Å². The number of nitrogens with two attached hydrogens (primary N) is 1. The first-order valence-corrected chi connectivity index (χ1v) is 9.48. The van der Waals surface area contributed by atoms with E-state index in [0.717, 1.165) is 12.1 Å². The largest absolute Gasteiger partial charge is 0.395 e. The van der Waals surface area contributed by atoms with E-state index in [1.54, 1.807) is 20.8 Å². The summed E-state index contributed by atoms with van der Waals surface area (Å²) in [7, 11) is -4.15. The number of anilines is 2. The summed E-state index contributed by atoms with van der Waals surface area (Å²) in [4.78, 5) is 23.2. The molecule has 2 aromatic rings. The highest BCUT2D eigenvalue weighted by Gasteiger charge is 2.33. The molecule has 1 aromatic heterocycles. The normalized spacial score (nSPS) is 12.0. The molecule has 2 rings (SSSR count). The molecule has 0 radical (unpaired) electrons. The Hall–Kier alpha value is -2.26. The first kappa shape index (κ1) is 19.1. The maximum Gasteiger partial charge on any atom is 0.218 e. The molecule has 0 saturated carbocycles. The van der Waals surface area contributed by atoms with E-state index in [4.69, 9.17) is 5.73 Å². The Labute approximate surface area is 148 Å². The first-order chi connectivity index (χ1) is 11.5. The third-order valence-corrected chi connectivity index (χ3v) is 6.84. The van der Waals surface area contributed by atoms with E-state index in [0.29, 0.717) is 17.7 Å². The van der Waals surface area contributed by atoms with Crippen LogP contribution in [0.4, 0.5) is 15.8 Å². The average Bonchev–Trinajstić information content (AvgIpc) is 2.84. The van der Waals surface area contributed by atoms with Crippen LogP contribution in [0.3, 0.4) is 0 Å². The van der Waals surface area contributed by atoms with Crippen LogP contribution in [0.1, 0.15) is 30.4 Å². The van der Waals surface area contributed by atoms with Crippen molar-refractivity contribution in [1.82, 2.24) is 0 Å². The van der Waals surface area contributed by atoms with E-state index in [1.807, 2.05) is 0 Å². The van der Waals surface area contributed by atoms with Crippen LogP contribution in [-0.2, 0) is 14.6 Å². The van der Waals surface area contributed by atoms with Crippen molar-refractivity contribution in [2.24, 2.45) is 5.41 Å². The minimum absolute atomic E-state index is 0.0343. The molecule has 0 aliphatic carbocycles. The molecule has 0 fully saturated rings. The molecular formula is C16H17FN2O4S2. The SMILES string of the molecule is CC(C)(C)C(=O)c1sc(S(=O)(=O)c2cccc(F)c2)c(N)c1NC=O. The van der Waals surface area contributed by atoms with Gasteiger partial charge in [-0.3, -0.25) is 9.59 Å². The number of Topliss-reactive ketones (excluding diaryl/α,β-unsaturated/α-hetero) is 1. The summed E-state index contributed by atoms with van der Waals surface area (Å²) in [6.07, 6.45) is 0.316. The van der Waals surface area contributed by atoms with Crippen LogP contribution in [0.25, 0.3) is 0 Å². The van der Waals surface area contributed by atoms with E-state index in [-0.39, 0.29) is 31.1 Å². The van der Waals surface area contributed by atoms with Crippen molar-refractivity contribution in [2.45, 2.75) is 29.9 Å². The number of carbonyl (C=O) groups is 2. The number of ketones is 1. The second-order valence-corrected chi connectivity index (χ2v) is 9.48. The summed E-state index contributed by atoms with van der Waals surface area (Å²) in [5.74, 6) is -1.08. The van der Waals surface area contributed by atoms with Crippen LogP contribution >= 0.6 is 11.3 Å². The number of amides is 1. The molecule has 1 heterocycles. The molecule has 0 atom stereocenters. The van der Waals surface area contributed by atoms with Gasteiger partial charge in [0.05, 0.1) is 21.1 Å². The highest BCUT2D eigenvalue weighted by molar-refractivity contribution is 7.93. The molecule has 0 aliphatic rings. The fourth-order valence-corrected chi connectivity index (χ4v) is 5.24. The minimum atomic E-state index is -4.15. The Balaban J connectivity index is 2.71. The van der Waals surface area contributed by atoms with Gasteiger partial charge in [-0.05, 0) is 18.2 Å². The maximum atomic E-state index is 13.4. The predicted molar refractivity (Wildman–Crippen MR) is 94.1 cm³/mol. The van der Waals surface area contributed by atoms with Gasteiger partial charge in [-0.15, -0.1) is 11.3 Å². The molecule has 0 aliphatic heterocycles. The van der Waals surface area contributed by atoms with E-state index >= 15 is 0 Å². The molecule has 1 amide bonds. The van der Waals surface area contributed by atoms with Gasteiger partial charge in [0.15, 0.2) is 5.78 Å². The van der Waals surface area contributed by atoms with E-state index in [9.17, 15) is 22.4 Å². The van der Waals surface area contributed by atoms with Gasteiger partial charge >= 0.3 is 0 Å². The molecule has 0 spiro atoms. The smallest absolute Gasteiger partial charge is 0.218 e. The first-order valence-electron chi connectivity index (χ1n) is 7.18. The monoisotopic (exact) mass is 384 g/mol. The lowest BCUT2D eigenvalue weighted by Crippen LogP contribution is -2.20. The Morgan fingerprint density at radius 3 is 2.48 bits per heavy atom. The number of sulfone groups is 1. The Morgan fingerprint density at radius 1 is 1.32 bits per heavy atom. The summed E-state index contributed by atoms with van der Waals surface area (Å²) in [6.45, 7) is 4.99. The number of nitrogen functional groups attached to an aromatic ring is 1. The third-order valence-electron chi connectivity index (χ3n) is 3.35. The maximum absolute atomic E-state index is 13.4. The number of benzene rings is 1. The molecule has 0 unspecified atom stereocenters. The number of carbonyl (C=O) groups excluding carboxylic acids is 2. The molecule has 134 valence electrons. The van der Waals surface area contributed by atoms with Gasteiger partial charge in [-0.1, -0.05) is 26.8 Å². The molecule has 0 bridgehead atoms. The molecule has 9 heteroatoms. The second kappa shape index (κ2) is 6.57. The second-order valence-electron chi connectivity index (χ2n) is 6.31. The van der Waals surface area contributed by atoms with Crippen LogP contribution < -0.4 is 11.1 Å². The Bertz CT molecular complexity index is 944. The van der Waals surface area contributed by atoms with E-state index < -0.39 is 21.1 Å². The standard InChI is InChI=1S/C16H17FN2O4S2/c1-16(2,3)14(21)13-12(19-8-20)11(18)15(24-13)25(22,23)10-6-4-5-9(17)7-10/h4-8H,18H2,1-3H3,(H,19,20). The zero-order valence-corrected chi connectivity index (χ0v) is 15.4. The van der Waals surface area contributed by atoms with Gasteiger partial charge < -0.3 is 11.1 Å². The van der Waals surface area contributed by atoms with Crippen molar-refractivity contribution in [3.05, 3.63) is 35.0 Å². The number of halogens is 1.